The second kappa shape index (κ2) is 6.21. The second-order valence-corrected chi connectivity index (χ2v) is 4.58. The molecule has 4 N–H and O–H groups in total. The van der Waals surface area contributed by atoms with Crippen LogP contribution in [-0.2, 0) is 12.7 Å². The first kappa shape index (κ1) is 15.7. The SMILES string of the molecule is CC(C)[C@@H](CO)Nc1nc(C(F)(F)F)ccc1CN. The molecule has 0 amide bonds. The minimum Gasteiger partial charge on any atom is -0.394 e. The van der Waals surface area contributed by atoms with E-state index in [1.807, 2.05) is 13.8 Å². The molecule has 1 rings (SSSR count). The van der Waals surface area contributed by atoms with Crippen molar-refractivity contribution in [1.29, 1.82) is 0 Å². The summed E-state index contributed by atoms with van der Waals surface area (Å²) in [6.45, 7) is 3.58. The Kier molecular flexibility index (Phi) is 5.13. The smallest absolute Gasteiger partial charge is 0.394 e. The van der Waals surface area contributed by atoms with Crippen LogP contribution < -0.4 is 11.1 Å². The first-order valence-electron chi connectivity index (χ1n) is 5.94. The highest BCUT2D eigenvalue weighted by Gasteiger charge is 2.33. The Balaban J connectivity index is 3.09. The maximum Gasteiger partial charge on any atom is 0.433 e. The van der Waals surface area contributed by atoms with Crippen LogP contribution in [0.5, 0.6) is 0 Å². The zero-order chi connectivity index (χ0) is 14.6. The zero-order valence-corrected chi connectivity index (χ0v) is 10.8. The molecule has 0 saturated heterocycles. The Morgan fingerprint density at radius 3 is 2.42 bits per heavy atom. The fourth-order valence-corrected chi connectivity index (χ4v) is 1.53. The van der Waals surface area contributed by atoms with E-state index < -0.39 is 11.9 Å². The highest BCUT2D eigenvalue weighted by molar-refractivity contribution is 5.46. The van der Waals surface area contributed by atoms with E-state index in [4.69, 9.17) is 5.73 Å². The maximum absolute atomic E-state index is 12.6. The molecule has 0 saturated carbocycles. The van der Waals surface area contributed by atoms with Gasteiger partial charge in [0.2, 0.25) is 0 Å². The van der Waals surface area contributed by atoms with Gasteiger partial charge in [-0.05, 0) is 12.0 Å². The van der Waals surface area contributed by atoms with Gasteiger partial charge in [0, 0.05) is 12.1 Å². The first-order chi connectivity index (χ1) is 8.79. The van der Waals surface area contributed by atoms with Crippen molar-refractivity contribution in [3.63, 3.8) is 0 Å². The average molecular weight is 277 g/mol. The molecule has 0 spiro atoms. The van der Waals surface area contributed by atoms with E-state index in [-0.39, 0.29) is 30.9 Å². The van der Waals surface area contributed by atoms with Crippen LogP contribution in [0.1, 0.15) is 25.1 Å². The normalized spacial score (nSPS) is 13.7. The van der Waals surface area contributed by atoms with Crippen LogP contribution in [-0.4, -0.2) is 22.7 Å². The number of aromatic nitrogens is 1. The van der Waals surface area contributed by atoms with E-state index in [0.717, 1.165) is 6.07 Å². The Hall–Kier alpha value is -1.34. The summed E-state index contributed by atoms with van der Waals surface area (Å²) in [6, 6.07) is 1.82. The van der Waals surface area contributed by atoms with Gasteiger partial charge in [-0.3, -0.25) is 0 Å². The predicted molar refractivity (Wildman–Crippen MR) is 66.5 cm³/mol. The van der Waals surface area contributed by atoms with E-state index in [2.05, 4.69) is 10.3 Å². The number of pyridine rings is 1. The van der Waals surface area contributed by atoms with Crippen molar-refractivity contribution in [2.45, 2.75) is 32.6 Å². The molecule has 0 radical (unpaired) electrons. The zero-order valence-electron chi connectivity index (χ0n) is 10.8. The van der Waals surface area contributed by atoms with Crippen molar-refractivity contribution in [2.75, 3.05) is 11.9 Å². The molecule has 0 aliphatic heterocycles. The topological polar surface area (TPSA) is 71.2 Å². The maximum atomic E-state index is 12.6. The molecule has 0 aliphatic rings. The van der Waals surface area contributed by atoms with Crippen molar-refractivity contribution in [1.82, 2.24) is 4.98 Å². The summed E-state index contributed by atoms with van der Waals surface area (Å²) in [7, 11) is 0. The summed E-state index contributed by atoms with van der Waals surface area (Å²) in [5.74, 6) is 0.122. The number of rotatable bonds is 5. The predicted octanol–water partition coefficient (Wildman–Crippen LogP) is 1.99. The third kappa shape index (κ3) is 4.07. The monoisotopic (exact) mass is 277 g/mol. The molecule has 1 heterocycles. The van der Waals surface area contributed by atoms with Gasteiger partial charge in [0.25, 0.3) is 0 Å². The molecule has 0 aromatic carbocycles. The molecule has 0 aliphatic carbocycles. The summed E-state index contributed by atoms with van der Waals surface area (Å²) < 4.78 is 37.8. The molecule has 1 aromatic rings. The van der Waals surface area contributed by atoms with Crippen LogP contribution in [0.3, 0.4) is 0 Å². The standard InChI is InChI=1S/C12H18F3N3O/c1-7(2)9(6-19)17-11-8(5-16)3-4-10(18-11)12(13,14)15/h3-4,7,9,19H,5-6,16H2,1-2H3,(H,17,18)/t9-/m1/s1. The molecular weight excluding hydrogens is 259 g/mol. The van der Waals surface area contributed by atoms with Gasteiger partial charge >= 0.3 is 6.18 Å². The molecule has 1 aromatic heterocycles. The van der Waals surface area contributed by atoms with Crippen LogP contribution in [0.2, 0.25) is 0 Å². The van der Waals surface area contributed by atoms with Crippen molar-refractivity contribution in [2.24, 2.45) is 11.7 Å². The number of aliphatic hydroxyl groups is 1. The molecule has 0 fully saturated rings. The molecule has 108 valence electrons. The lowest BCUT2D eigenvalue weighted by Gasteiger charge is -2.22. The van der Waals surface area contributed by atoms with Crippen LogP contribution in [0.15, 0.2) is 12.1 Å². The van der Waals surface area contributed by atoms with Crippen molar-refractivity contribution < 1.29 is 18.3 Å². The van der Waals surface area contributed by atoms with E-state index in [0.29, 0.717) is 5.56 Å². The first-order valence-corrected chi connectivity index (χ1v) is 5.94. The highest BCUT2D eigenvalue weighted by Crippen LogP contribution is 2.29. The molecule has 7 heteroatoms. The van der Waals surface area contributed by atoms with Crippen molar-refractivity contribution in [3.05, 3.63) is 23.4 Å². The third-order valence-electron chi connectivity index (χ3n) is 2.81. The molecular formula is C12H18F3N3O. The number of alkyl halides is 3. The minimum atomic E-state index is -4.50. The third-order valence-corrected chi connectivity index (χ3v) is 2.81. The molecule has 1 atom stereocenters. The number of nitrogens with zero attached hydrogens (tertiary/aromatic N) is 1. The number of aliphatic hydroxyl groups excluding tert-OH is 1. The van der Waals surface area contributed by atoms with Crippen LogP contribution in [0, 0.1) is 5.92 Å². The summed E-state index contributed by atoms with van der Waals surface area (Å²) in [6.07, 6.45) is -4.50. The van der Waals surface area contributed by atoms with Gasteiger partial charge in [-0.1, -0.05) is 19.9 Å². The lowest BCUT2D eigenvalue weighted by molar-refractivity contribution is -0.141. The minimum absolute atomic E-state index is 0.0481. The van der Waals surface area contributed by atoms with E-state index >= 15 is 0 Å². The van der Waals surface area contributed by atoms with Gasteiger partial charge in [-0.15, -0.1) is 0 Å². The van der Waals surface area contributed by atoms with Crippen LogP contribution in [0.4, 0.5) is 19.0 Å². The lowest BCUT2D eigenvalue weighted by Crippen LogP contribution is -2.31. The van der Waals surface area contributed by atoms with E-state index in [1.165, 1.54) is 6.07 Å². The molecule has 0 unspecified atom stereocenters. The number of hydrogen-bond acceptors (Lipinski definition) is 4. The summed E-state index contributed by atoms with van der Waals surface area (Å²) in [5.41, 5.74) is 4.98. The van der Waals surface area contributed by atoms with Gasteiger partial charge in [0.15, 0.2) is 0 Å². The highest BCUT2D eigenvalue weighted by atomic mass is 19.4. The summed E-state index contributed by atoms with van der Waals surface area (Å²) in [5, 5.41) is 12.0. The van der Waals surface area contributed by atoms with Gasteiger partial charge in [-0.2, -0.15) is 13.2 Å². The number of nitrogens with two attached hydrogens (primary N) is 1. The Bertz CT molecular complexity index is 421. The van der Waals surface area contributed by atoms with E-state index in [1.54, 1.807) is 0 Å². The van der Waals surface area contributed by atoms with Crippen LogP contribution in [0.25, 0.3) is 0 Å². The lowest BCUT2D eigenvalue weighted by atomic mass is 10.1. The van der Waals surface area contributed by atoms with Crippen molar-refractivity contribution in [3.8, 4) is 0 Å². The number of nitrogens with one attached hydrogen (secondary N) is 1. The fraction of sp³-hybridized carbons (Fsp3) is 0.583. The average Bonchev–Trinajstić information content (AvgIpc) is 2.34. The Morgan fingerprint density at radius 1 is 1.37 bits per heavy atom. The quantitative estimate of drug-likeness (QED) is 0.769. The van der Waals surface area contributed by atoms with E-state index in [9.17, 15) is 18.3 Å². The Morgan fingerprint density at radius 2 is 2.00 bits per heavy atom. The van der Waals surface area contributed by atoms with Gasteiger partial charge in [0.05, 0.1) is 12.6 Å². The Labute approximate surface area is 109 Å². The molecule has 19 heavy (non-hydrogen) atoms. The van der Waals surface area contributed by atoms with Gasteiger partial charge < -0.3 is 16.2 Å². The summed E-state index contributed by atoms with van der Waals surface area (Å²) in [4.78, 5) is 3.56. The largest absolute Gasteiger partial charge is 0.433 e. The van der Waals surface area contributed by atoms with Crippen molar-refractivity contribution >= 4 is 5.82 Å². The van der Waals surface area contributed by atoms with Gasteiger partial charge in [-0.25, -0.2) is 4.98 Å². The molecule has 4 nitrogen and oxygen atoms in total. The number of hydrogen-bond donors (Lipinski definition) is 3. The number of anilines is 1. The van der Waals surface area contributed by atoms with Gasteiger partial charge in [0.1, 0.15) is 11.5 Å². The second-order valence-electron chi connectivity index (χ2n) is 4.58. The molecule has 0 bridgehead atoms. The number of halogens is 3. The van der Waals surface area contributed by atoms with Crippen LogP contribution >= 0.6 is 0 Å². The fourth-order valence-electron chi connectivity index (χ4n) is 1.53. The summed E-state index contributed by atoms with van der Waals surface area (Å²) >= 11 is 0.